The monoisotopic (exact) mass is 330 g/mol. The van der Waals surface area contributed by atoms with Crippen LogP contribution in [0.1, 0.15) is 0 Å². The number of nitrogens with two attached hydrogens (primary N) is 1. The van der Waals surface area contributed by atoms with Crippen LogP contribution in [0.2, 0.25) is 5.02 Å². The normalized spacial score (nSPS) is 10.7. The molecule has 0 saturated carbocycles. The minimum Gasteiger partial charge on any atom is -0.504 e. The maximum absolute atomic E-state index is 10.6. The number of phenols is 1. The highest BCUT2D eigenvalue weighted by molar-refractivity contribution is 6.31. The molecular weight excluding hydrogens is 316 g/mol. The second kappa shape index (κ2) is 5.85. The van der Waals surface area contributed by atoms with Gasteiger partial charge in [-0.15, -0.1) is 0 Å². The Bertz CT molecular complexity index is 891. The molecule has 0 atom stereocenters. The predicted octanol–water partition coefficient (Wildman–Crippen LogP) is 3.86. The summed E-state index contributed by atoms with van der Waals surface area (Å²) in [6.45, 7) is 0. The first-order valence-corrected chi connectivity index (χ1v) is 7.22. The van der Waals surface area contributed by atoms with Gasteiger partial charge in [0.15, 0.2) is 11.5 Å². The highest BCUT2D eigenvalue weighted by Gasteiger charge is 2.19. The first-order valence-electron chi connectivity index (χ1n) is 6.85. The summed E-state index contributed by atoms with van der Waals surface area (Å²) in [7, 11) is 2.97. The number of ether oxygens (including phenoxy) is 2. The van der Waals surface area contributed by atoms with E-state index < -0.39 is 0 Å². The number of phenolic OH excluding ortho intramolecular Hbond substituents is 1. The Hall–Kier alpha value is -2.66. The molecule has 1 heterocycles. The summed E-state index contributed by atoms with van der Waals surface area (Å²) >= 11 is 6.10. The Morgan fingerprint density at radius 2 is 1.91 bits per heavy atom. The Balaban J connectivity index is 2.37. The maximum Gasteiger partial charge on any atom is 0.203 e. The minimum atomic E-state index is -0.0500. The predicted molar refractivity (Wildman–Crippen MR) is 91.4 cm³/mol. The van der Waals surface area contributed by atoms with E-state index in [4.69, 9.17) is 26.8 Å². The van der Waals surface area contributed by atoms with Crippen LogP contribution in [0.4, 0.5) is 5.69 Å². The Morgan fingerprint density at radius 3 is 2.61 bits per heavy atom. The number of nitrogen functional groups attached to an aromatic ring is 1. The van der Waals surface area contributed by atoms with Crippen LogP contribution < -0.4 is 15.2 Å². The van der Waals surface area contributed by atoms with E-state index in [0.717, 1.165) is 10.9 Å². The van der Waals surface area contributed by atoms with E-state index in [1.807, 2.05) is 0 Å². The number of aromatic nitrogens is 1. The third-order valence-corrected chi connectivity index (χ3v) is 3.88. The number of nitrogens with zero attached hydrogens (tertiary/aromatic N) is 1. The topological polar surface area (TPSA) is 77.6 Å². The second-order valence-electron chi connectivity index (χ2n) is 4.95. The van der Waals surface area contributed by atoms with E-state index in [0.29, 0.717) is 27.6 Å². The fraction of sp³-hybridized carbons (Fsp3) is 0.118. The molecule has 0 aliphatic carbocycles. The standard InChI is InChI=1S/C17H15ClN2O3/c1-22-14-6-4-10(16(21)17(14)23-2)15-11-7-9(18)3-5-13(11)20-8-12(15)19/h3-8,21H,19H2,1-2H3. The van der Waals surface area contributed by atoms with Crippen LogP contribution in [-0.2, 0) is 0 Å². The molecule has 23 heavy (non-hydrogen) atoms. The van der Waals surface area contributed by atoms with Crippen molar-refractivity contribution in [1.82, 2.24) is 4.98 Å². The molecule has 6 heteroatoms. The van der Waals surface area contributed by atoms with Gasteiger partial charge in [0.05, 0.1) is 31.6 Å². The van der Waals surface area contributed by atoms with Crippen molar-refractivity contribution < 1.29 is 14.6 Å². The average molecular weight is 331 g/mol. The smallest absolute Gasteiger partial charge is 0.203 e. The minimum absolute atomic E-state index is 0.0500. The lowest BCUT2D eigenvalue weighted by Gasteiger charge is -2.15. The van der Waals surface area contributed by atoms with Crippen molar-refractivity contribution in [3.05, 3.63) is 41.6 Å². The first kappa shape index (κ1) is 15.2. The van der Waals surface area contributed by atoms with Gasteiger partial charge in [0.25, 0.3) is 0 Å². The number of halogens is 1. The van der Waals surface area contributed by atoms with Crippen molar-refractivity contribution in [1.29, 1.82) is 0 Å². The fourth-order valence-corrected chi connectivity index (χ4v) is 2.77. The molecule has 3 N–H and O–H groups in total. The van der Waals surface area contributed by atoms with Gasteiger partial charge >= 0.3 is 0 Å². The Kier molecular flexibility index (Phi) is 3.88. The van der Waals surface area contributed by atoms with Gasteiger partial charge in [-0.05, 0) is 30.3 Å². The van der Waals surface area contributed by atoms with Gasteiger partial charge < -0.3 is 20.3 Å². The van der Waals surface area contributed by atoms with Crippen LogP contribution in [0.25, 0.3) is 22.0 Å². The molecule has 0 fully saturated rings. The zero-order chi connectivity index (χ0) is 16.6. The number of pyridine rings is 1. The zero-order valence-electron chi connectivity index (χ0n) is 12.6. The van der Waals surface area contributed by atoms with Crippen molar-refractivity contribution in [3.8, 4) is 28.4 Å². The molecule has 118 valence electrons. The number of hydrogen-bond acceptors (Lipinski definition) is 5. The first-order chi connectivity index (χ1) is 11.1. The third-order valence-electron chi connectivity index (χ3n) is 3.65. The molecule has 3 aromatic rings. The number of aromatic hydroxyl groups is 1. The van der Waals surface area contributed by atoms with Crippen LogP contribution in [0.5, 0.6) is 17.2 Å². The highest BCUT2D eigenvalue weighted by Crippen LogP contribution is 2.46. The second-order valence-corrected chi connectivity index (χ2v) is 5.38. The number of methoxy groups -OCH3 is 2. The molecule has 0 bridgehead atoms. The van der Waals surface area contributed by atoms with Gasteiger partial charge in [0.1, 0.15) is 0 Å². The quantitative estimate of drug-likeness (QED) is 0.762. The Morgan fingerprint density at radius 1 is 1.13 bits per heavy atom. The number of anilines is 1. The molecular formula is C17H15ClN2O3. The summed E-state index contributed by atoms with van der Waals surface area (Å²) in [5.74, 6) is 0.631. The zero-order valence-corrected chi connectivity index (χ0v) is 13.4. The number of hydrogen-bond donors (Lipinski definition) is 2. The summed E-state index contributed by atoms with van der Waals surface area (Å²) in [5.41, 5.74) is 8.45. The summed E-state index contributed by atoms with van der Waals surface area (Å²) in [6.07, 6.45) is 1.56. The van der Waals surface area contributed by atoms with Crippen molar-refractivity contribution in [3.63, 3.8) is 0 Å². The van der Waals surface area contributed by atoms with Gasteiger partial charge in [-0.3, -0.25) is 4.98 Å². The largest absolute Gasteiger partial charge is 0.504 e. The van der Waals surface area contributed by atoms with Gasteiger partial charge in [0.2, 0.25) is 5.75 Å². The molecule has 0 radical (unpaired) electrons. The van der Waals surface area contributed by atoms with Crippen LogP contribution >= 0.6 is 11.6 Å². The van der Waals surface area contributed by atoms with E-state index in [-0.39, 0.29) is 11.5 Å². The van der Waals surface area contributed by atoms with Crippen molar-refractivity contribution in [2.75, 3.05) is 20.0 Å². The summed E-state index contributed by atoms with van der Waals surface area (Å²) < 4.78 is 10.4. The van der Waals surface area contributed by atoms with Gasteiger partial charge in [-0.25, -0.2) is 0 Å². The summed E-state index contributed by atoms with van der Waals surface area (Å²) in [6, 6.07) is 8.77. The van der Waals surface area contributed by atoms with Crippen molar-refractivity contribution in [2.24, 2.45) is 0 Å². The lowest BCUT2D eigenvalue weighted by Crippen LogP contribution is -1.96. The van der Waals surface area contributed by atoms with Gasteiger partial charge in [-0.1, -0.05) is 11.6 Å². The van der Waals surface area contributed by atoms with E-state index in [1.54, 1.807) is 36.5 Å². The molecule has 0 saturated heterocycles. The van der Waals surface area contributed by atoms with Crippen LogP contribution in [-0.4, -0.2) is 24.3 Å². The number of rotatable bonds is 3. The number of fused-ring (bicyclic) bond motifs is 1. The van der Waals surface area contributed by atoms with Crippen LogP contribution in [0.15, 0.2) is 36.5 Å². The molecule has 0 spiro atoms. The molecule has 3 rings (SSSR count). The third kappa shape index (κ3) is 2.49. The maximum atomic E-state index is 10.6. The molecule has 1 aromatic heterocycles. The van der Waals surface area contributed by atoms with E-state index in [1.165, 1.54) is 14.2 Å². The molecule has 2 aromatic carbocycles. The van der Waals surface area contributed by atoms with Crippen molar-refractivity contribution in [2.45, 2.75) is 0 Å². The van der Waals surface area contributed by atoms with Gasteiger partial charge in [0, 0.05) is 21.5 Å². The van der Waals surface area contributed by atoms with E-state index in [9.17, 15) is 5.11 Å². The molecule has 0 aliphatic heterocycles. The summed E-state index contributed by atoms with van der Waals surface area (Å²) in [4.78, 5) is 4.29. The Labute approximate surface area is 138 Å². The van der Waals surface area contributed by atoms with Crippen LogP contribution in [0.3, 0.4) is 0 Å². The number of benzene rings is 2. The van der Waals surface area contributed by atoms with E-state index >= 15 is 0 Å². The molecule has 0 unspecified atom stereocenters. The van der Waals surface area contributed by atoms with Crippen molar-refractivity contribution >= 4 is 28.2 Å². The van der Waals surface area contributed by atoms with Crippen LogP contribution in [0, 0.1) is 0 Å². The molecule has 0 amide bonds. The highest BCUT2D eigenvalue weighted by atomic mass is 35.5. The lowest BCUT2D eigenvalue weighted by molar-refractivity contribution is 0.334. The van der Waals surface area contributed by atoms with Gasteiger partial charge in [-0.2, -0.15) is 0 Å². The SMILES string of the molecule is COc1ccc(-c2c(N)cnc3ccc(Cl)cc23)c(O)c1OC. The lowest BCUT2D eigenvalue weighted by atomic mass is 9.98. The average Bonchev–Trinajstić information content (AvgIpc) is 2.55. The molecule has 5 nitrogen and oxygen atoms in total. The van der Waals surface area contributed by atoms with E-state index in [2.05, 4.69) is 4.98 Å². The fourth-order valence-electron chi connectivity index (χ4n) is 2.59. The summed E-state index contributed by atoms with van der Waals surface area (Å²) in [5, 5.41) is 11.9. The molecule has 0 aliphatic rings.